The lowest BCUT2D eigenvalue weighted by molar-refractivity contribution is 0.648. The average molecular weight is 328 g/mol. The third-order valence-corrected chi connectivity index (χ3v) is 4.34. The van der Waals surface area contributed by atoms with Crippen molar-refractivity contribution >= 4 is 21.6 Å². The maximum absolute atomic E-state index is 8.89. The van der Waals surface area contributed by atoms with Crippen molar-refractivity contribution in [2.24, 2.45) is 5.73 Å². The fourth-order valence-corrected chi connectivity index (χ4v) is 3.19. The summed E-state index contributed by atoms with van der Waals surface area (Å²) in [4.78, 5) is 0. The molecule has 2 aromatic carbocycles. The van der Waals surface area contributed by atoms with Gasteiger partial charge in [0.25, 0.3) is 0 Å². The van der Waals surface area contributed by atoms with E-state index in [4.69, 9.17) is 11.0 Å². The predicted octanol–water partition coefficient (Wildman–Crippen LogP) is 3.88. The molecule has 0 fully saturated rings. The van der Waals surface area contributed by atoms with Crippen LogP contribution < -0.4 is 11.1 Å². The molecule has 100 valence electrons. The summed E-state index contributed by atoms with van der Waals surface area (Å²) in [5.74, 6) is 0. The van der Waals surface area contributed by atoms with E-state index in [9.17, 15) is 0 Å². The number of fused-ring (bicyclic) bond motifs is 1. The number of nitriles is 1. The topological polar surface area (TPSA) is 61.8 Å². The normalized spacial score (nSPS) is 20.2. The molecule has 20 heavy (non-hydrogen) atoms. The van der Waals surface area contributed by atoms with Crippen LogP contribution in [0, 0.1) is 11.3 Å². The smallest absolute Gasteiger partial charge is 0.0992 e. The van der Waals surface area contributed by atoms with Crippen molar-refractivity contribution in [3.63, 3.8) is 0 Å². The molecule has 2 aromatic rings. The number of halogens is 1. The van der Waals surface area contributed by atoms with Crippen LogP contribution in [0.2, 0.25) is 0 Å². The Morgan fingerprint density at radius 2 is 1.95 bits per heavy atom. The largest absolute Gasteiger partial charge is 0.377 e. The zero-order valence-corrected chi connectivity index (χ0v) is 12.4. The first kappa shape index (κ1) is 13.2. The summed E-state index contributed by atoms with van der Waals surface area (Å²) in [5.41, 5.74) is 10.3. The highest BCUT2D eigenvalue weighted by Gasteiger charge is 2.28. The highest BCUT2D eigenvalue weighted by molar-refractivity contribution is 9.10. The van der Waals surface area contributed by atoms with E-state index in [1.165, 1.54) is 11.1 Å². The first-order chi connectivity index (χ1) is 9.69. The Balaban J connectivity index is 1.88. The molecular weight excluding hydrogens is 314 g/mol. The van der Waals surface area contributed by atoms with Crippen molar-refractivity contribution in [3.05, 3.63) is 63.6 Å². The van der Waals surface area contributed by atoms with E-state index in [1.54, 1.807) is 0 Å². The number of nitrogens with two attached hydrogens (primary N) is 1. The van der Waals surface area contributed by atoms with Gasteiger partial charge in [-0.2, -0.15) is 5.26 Å². The molecule has 0 saturated carbocycles. The minimum Gasteiger partial charge on any atom is -0.377 e. The Bertz CT molecular complexity index is 690. The van der Waals surface area contributed by atoms with Crippen molar-refractivity contribution in [2.45, 2.75) is 18.5 Å². The summed E-state index contributed by atoms with van der Waals surface area (Å²) in [7, 11) is 0. The van der Waals surface area contributed by atoms with Gasteiger partial charge in [0.05, 0.1) is 17.7 Å². The van der Waals surface area contributed by atoms with Gasteiger partial charge in [0, 0.05) is 16.2 Å². The maximum atomic E-state index is 8.89. The summed E-state index contributed by atoms with van der Waals surface area (Å²) in [6, 6.07) is 16.3. The Hall–Kier alpha value is -1.83. The highest BCUT2D eigenvalue weighted by Crippen LogP contribution is 2.40. The number of benzene rings is 2. The molecule has 0 aliphatic heterocycles. The van der Waals surface area contributed by atoms with E-state index in [0.717, 1.165) is 16.6 Å². The van der Waals surface area contributed by atoms with Gasteiger partial charge in [-0.05, 0) is 51.7 Å². The molecule has 0 amide bonds. The molecule has 0 heterocycles. The van der Waals surface area contributed by atoms with Gasteiger partial charge in [0.1, 0.15) is 0 Å². The third kappa shape index (κ3) is 2.31. The van der Waals surface area contributed by atoms with Gasteiger partial charge < -0.3 is 11.1 Å². The Morgan fingerprint density at radius 1 is 1.20 bits per heavy atom. The number of hydrogen-bond acceptors (Lipinski definition) is 3. The molecule has 2 atom stereocenters. The highest BCUT2D eigenvalue weighted by atomic mass is 79.9. The summed E-state index contributed by atoms with van der Waals surface area (Å²) >= 11 is 3.51. The lowest BCUT2D eigenvalue weighted by Gasteiger charge is -2.17. The van der Waals surface area contributed by atoms with Gasteiger partial charge in [-0.25, -0.2) is 0 Å². The van der Waals surface area contributed by atoms with Crippen LogP contribution in [0.4, 0.5) is 5.69 Å². The minimum absolute atomic E-state index is 0.0841. The fraction of sp³-hybridized carbons (Fsp3) is 0.188. The molecule has 0 bridgehead atoms. The lowest BCUT2D eigenvalue weighted by atomic mass is 10.1. The second-order valence-electron chi connectivity index (χ2n) is 4.97. The molecule has 0 spiro atoms. The average Bonchev–Trinajstić information content (AvgIpc) is 2.78. The Morgan fingerprint density at radius 3 is 2.65 bits per heavy atom. The van der Waals surface area contributed by atoms with Crippen LogP contribution in [0.15, 0.2) is 46.9 Å². The van der Waals surface area contributed by atoms with Gasteiger partial charge in [0.15, 0.2) is 0 Å². The standard InChI is InChI=1S/C16H14BrN3/c17-13-7-10(9-18)5-6-15(13)20-16-8-14(19)11-3-1-2-4-12(11)16/h1-7,14,16,20H,8,19H2. The summed E-state index contributed by atoms with van der Waals surface area (Å²) in [5, 5.41) is 12.4. The van der Waals surface area contributed by atoms with Crippen LogP contribution in [0.5, 0.6) is 0 Å². The second-order valence-corrected chi connectivity index (χ2v) is 5.83. The van der Waals surface area contributed by atoms with E-state index in [2.05, 4.69) is 39.4 Å². The zero-order chi connectivity index (χ0) is 14.1. The predicted molar refractivity (Wildman–Crippen MR) is 83.2 cm³/mol. The number of nitrogens with zero attached hydrogens (tertiary/aromatic N) is 1. The number of anilines is 1. The van der Waals surface area contributed by atoms with Gasteiger partial charge in [-0.3, -0.25) is 0 Å². The maximum Gasteiger partial charge on any atom is 0.0992 e. The molecule has 0 radical (unpaired) electrons. The molecule has 3 nitrogen and oxygen atoms in total. The Kier molecular flexibility index (Phi) is 3.47. The zero-order valence-electron chi connectivity index (χ0n) is 10.8. The first-order valence-electron chi connectivity index (χ1n) is 6.49. The molecular formula is C16H14BrN3. The van der Waals surface area contributed by atoms with Crippen molar-refractivity contribution < 1.29 is 0 Å². The molecule has 3 rings (SSSR count). The second kappa shape index (κ2) is 5.28. The van der Waals surface area contributed by atoms with E-state index in [-0.39, 0.29) is 12.1 Å². The lowest BCUT2D eigenvalue weighted by Crippen LogP contribution is -2.10. The van der Waals surface area contributed by atoms with Crippen LogP contribution in [0.25, 0.3) is 0 Å². The first-order valence-corrected chi connectivity index (χ1v) is 7.29. The van der Waals surface area contributed by atoms with Gasteiger partial charge in [-0.15, -0.1) is 0 Å². The molecule has 0 saturated heterocycles. The summed E-state index contributed by atoms with van der Waals surface area (Å²) < 4.78 is 0.898. The van der Waals surface area contributed by atoms with Gasteiger partial charge >= 0.3 is 0 Å². The van der Waals surface area contributed by atoms with E-state index in [1.807, 2.05) is 30.3 Å². The Labute approximate surface area is 126 Å². The van der Waals surface area contributed by atoms with Crippen molar-refractivity contribution in [1.82, 2.24) is 0 Å². The molecule has 4 heteroatoms. The molecule has 0 aromatic heterocycles. The van der Waals surface area contributed by atoms with E-state index < -0.39 is 0 Å². The fourth-order valence-electron chi connectivity index (χ4n) is 2.70. The van der Waals surface area contributed by atoms with Crippen LogP contribution in [-0.2, 0) is 0 Å². The van der Waals surface area contributed by atoms with E-state index in [0.29, 0.717) is 5.56 Å². The van der Waals surface area contributed by atoms with Gasteiger partial charge in [-0.1, -0.05) is 24.3 Å². The van der Waals surface area contributed by atoms with E-state index >= 15 is 0 Å². The third-order valence-electron chi connectivity index (χ3n) is 3.69. The van der Waals surface area contributed by atoms with Gasteiger partial charge in [0.2, 0.25) is 0 Å². The van der Waals surface area contributed by atoms with Crippen molar-refractivity contribution in [1.29, 1.82) is 5.26 Å². The van der Waals surface area contributed by atoms with Crippen molar-refractivity contribution in [3.8, 4) is 6.07 Å². The van der Waals surface area contributed by atoms with Crippen LogP contribution in [-0.4, -0.2) is 0 Å². The van der Waals surface area contributed by atoms with Crippen LogP contribution >= 0.6 is 15.9 Å². The SMILES string of the molecule is N#Cc1ccc(NC2CC(N)c3ccccc32)c(Br)c1. The summed E-state index contributed by atoms with van der Waals surface area (Å²) in [6.45, 7) is 0. The minimum atomic E-state index is 0.0841. The summed E-state index contributed by atoms with van der Waals surface area (Å²) in [6.07, 6.45) is 0.881. The van der Waals surface area contributed by atoms with Crippen molar-refractivity contribution in [2.75, 3.05) is 5.32 Å². The quantitative estimate of drug-likeness (QED) is 0.879. The molecule has 1 aliphatic rings. The number of rotatable bonds is 2. The molecule has 3 N–H and O–H groups in total. The monoisotopic (exact) mass is 327 g/mol. The molecule has 2 unspecified atom stereocenters. The molecule has 1 aliphatic carbocycles. The van der Waals surface area contributed by atoms with Crippen LogP contribution in [0.3, 0.4) is 0 Å². The number of hydrogen-bond donors (Lipinski definition) is 2. The number of nitrogens with one attached hydrogen (secondary N) is 1. The van der Waals surface area contributed by atoms with Crippen LogP contribution in [0.1, 0.15) is 35.2 Å².